The third-order valence-electron chi connectivity index (χ3n) is 4.90. The van der Waals surface area contributed by atoms with E-state index in [1.165, 1.54) is 0 Å². The Hall–Kier alpha value is -2.69. The van der Waals surface area contributed by atoms with Crippen LogP contribution in [0.1, 0.15) is 60.6 Å². The van der Waals surface area contributed by atoms with E-state index in [1.54, 1.807) is 6.07 Å². The van der Waals surface area contributed by atoms with E-state index in [1.807, 2.05) is 4.90 Å². The Kier molecular flexibility index (Phi) is 4.83. The molecule has 0 radical (unpaired) electrons. The van der Waals surface area contributed by atoms with Crippen LogP contribution in [-0.4, -0.2) is 50.8 Å². The summed E-state index contributed by atoms with van der Waals surface area (Å²) in [5, 5.41) is 23.6. The van der Waals surface area contributed by atoms with Crippen molar-refractivity contribution in [2.45, 2.75) is 50.1 Å². The number of likely N-dealkylation sites (tertiary alicyclic amines) is 1. The monoisotopic (exact) mass is 343 g/mol. The topological polar surface area (TPSA) is 111 Å². The Bertz CT molecular complexity index is 719. The minimum atomic E-state index is -1.04. The molecule has 1 amide bonds. The zero-order valence-electron chi connectivity index (χ0n) is 13.9. The molecule has 0 unspecified atom stereocenters. The fraction of sp³-hybridized carbons (Fsp3) is 0.588. The molecule has 0 atom stereocenters. The summed E-state index contributed by atoms with van der Waals surface area (Å²) in [5.74, 6) is 1.87. The van der Waals surface area contributed by atoms with Gasteiger partial charge in [-0.05, 0) is 18.9 Å². The molecule has 0 aromatic carbocycles. The Balaban J connectivity index is 1.44. The number of aromatic amines is 1. The molecular weight excluding hydrogens is 322 g/mol. The molecule has 0 bridgehead atoms. The molecule has 0 saturated carbocycles. The zero-order chi connectivity index (χ0) is 17.9. The van der Waals surface area contributed by atoms with Crippen molar-refractivity contribution in [2.75, 3.05) is 13.1 Å². The van der Waals surface area contributed by atoms with Crippen LogP contribution in [0.25, 0.3) is 0 Å². The number of nitrogens with zero attached hydrogens (tertiary/aromatic N) is 4. The number of aromatic carboxylic acids is 1. The Morgan fingerprint density at radius 1 is 1.36 bits per heavy atom. The van der Waals surface area contributed by atoms with Gasteiger partial charge in [0.15, 0.2) is 11.4 Å². The maximum atomic E-state index is 12.4. The van der Waals surface area contributed by atoms with Crippen LogP contribution in [-0.2, 0) is 4.79 Å². The maximum Gasteiger partial charge on any atom is 0.356 e. The van der Waals surface area contributed by atoms with Gasteiger partial charge >= 0.3 is 5.97 Å². The number of carbonyl (C=O) groups excluding carboxylic acids is 1. The second kappa shape index (κ2) is 7.05. The van der Waals surface area contributed by atoms with Crippen molar-refractivity contribution in [3.63, 3.8) is 0 Å². The van der Waals surface area contributed by atoms with Crippen molar-refractivity contribution in [3.05, 3.63) is 17.5 Å². The highest BCUT2D eigenvalue weighted by molar-refractivity contribution is 5.85. The van der Waals surface area contributed by atoms with E-state index in [-0.39, 0.29) is 17.5 Å². The second-order valence-corrected chi connectivity index (χ2v) is 6.56. The van der Waals surface area contributed by atoms with Gasteiger partial charge in [0.05, 0.1) is 0 Å². The first-order chi connectivity index (χ1) is 12.0. The molecule has 132 valence electrons. The summed E-state index contributed by atoms with van der Waals surface area (Å²) < 4.78 is 0. The van der Waals surface area contributed by atoms with Crippen LogP contribution in [0.2, 0.25) is 0 Å². The number of amides is 1. The van der Waals surface area contributed by atoms with Crippen molar-refractivity contribution in [2.24, 2.45) is 10.2 Å². The van der Waals surface area contributed by atoms with Crippen LogP contribution in [0.4, 0.5) is 0 Å². The molecule has 0 aliphatic carbocycles. The van der Waals surface area contributed by atoms with Gasteiger partial charge in [-0.25, -0.2) is 4.79 Å². The Morgan fingerprint density at radius 2 is 2.08 bits per heavy atom. The fourth-order valence-corrected chi connectivity index (χ4v) is 3.23. The number of carboxylic acids is 1. The van der Waals surface area contributed by atoms with Gasteiger partial charge < -0.3 is 10.0 Å². The van der Waals surface area contributed by atoms with E-state index in [0.29, 0.717) is 38.8 Å². The highest BCUT2D eigenvalue weighted by Crippen LogP contribution is 2.38. The van der Waals surface area contributed by atoms with Crippen LogP contribution in [0.15, 0.2) is 16.3 Å². The number of hydrogen-bond acceptors (Lipinski definition) is 5. The van der Waals surface area contributed by atoms with Crippen LogP contribution in [0.5, 0.6) is 0 Å². The molecule has 3 rings (SSSR count). The maximum absolute atomic E-state index is 12.4. The lowest BCUT2D eigenvalue weighted by atomic mass is 9.93. The molecule has 1 saturated heterocycles. The summed E-state index contributed by atoms with van der Waals surface area (Å²) in [6.45, 7) is 1.33. The molecule has 1 fully saturated rings. The number of carboxylic acid groups (broad SMARTS) is 1. The third-order valence-corrected chi connectivity index (χ3v) is 4.90. The first kappa shape index (κ1) is 17.1. The molecule has 25 heavy (non-hydrogen) atoms. The van der Waals surface area contributed by atoms with E-state index < -0.39 is 11.6 Å². The highest BCUT2D eigenvalue weighted by atomic mass is 16.4. The smallest absolute Gasteiger partial charge is 0.356 e. The van der Waals surface area contributed by atoms with Crippen molar-refractivity contribution >= 4 is 11.9 Å². The van der Waals surface area contributed by atoms with E-state index in [0.717, 1.165) is 18.5 Å². The molecule has 0 spiro atoms. The average Bonchev–Trinajstić information content (AvgIpc) is 3.21. The van der Waals surface area contributed by atoms with Gasteiger partial charge in [0.2, 0.25) is 5.91 Å². The number of piperidine rings is 1. The largest absolute Gasteiger partial charge is 0.476 e. The number of aromatic nitrogens is 2. The van der Waals surface area contributed by atoms with E-state index in [9.17, 15) is 9.59 Å². The van der Waals surface area contributed by atoms with Crippen molar-refractivity contribution in [1.29, 1.82) is 0 Å². The van der Waals surface area contributed by atoms with E-state index in [2.05, 4.69) is 26.3 Å². The number of H-pyrrole nitrogens is 1. The molecule has 8 nitrogen and oxygen atoms in total. The molecule has 1 aromatic heterocycles. The predicted molar refractivity (Wildman–Crippen MR) is 89.0 cm³/mol. The van der Waals surface area contributed by atoms with Crippen LogP contribution >= 0.6 is 0 Å². The standard InChI is InChI=1S/C17H21N5O3/c1-2-3-7-17(20-21-17)8-4-15(23)22-9-5-12(6-10-22)13-11-14(16(24)25)19-18-13/h1,11-12H,3-10H2,(H,18,19)(H,24,25). The minimum absolute atomic E-state index is 0.0303. The molecule has 2 aliphatic rings. The number of terminal acetylenes is 1. The predicted octanol–water partition coefficient (Wildman–Crippen LogP) is 2.17. The molecule has 8 heteroatoms. The average molecular weight is 343 g/mol. The van der Waals surface area contributed by atoms with Gasteiger partial charge in [0.1, 0.15) is 0 Å². The molecule has 2 aliphatic heterocycles. The first-order valence-corrected chi connectivity index (χ1v) is 8.47. The number of nitrogens with one attached hydrogen (secondary N) is 1. The van der Waals surface area contributed by atoms with Crippen molar-refractivity contribution < 1.29 is 14.7 Å². The van der Waals surface area contributed by atoms with E-state index in [4.69, 9.17) is 11.5 Å². The molecule has 2 N–H and O–H groups in total. The second-order valence-electron chi connectivity index (χ2n) is 6.56. The summed E-state index contributed by atoms with van der Waals surface area (Å²) >= 11 is 0. The quantitative estimate of drug-likeness (QED) is 0.739. The van der Waals surface area contributed by atoms with Crippen LogP contribution < -0.4 is 0 Å². The van der Waals surface area contributed by atoms with Gasteiger partial charge in [0, 0.05) is 50.4 Å². The summed E-state index contributed by atoms with van der Waals surface area (Å²) in [7, 11) is 0. The molecule has 3 heterocycles. The normalized spacial score (nSPS) is 18.8. The Labute approximate surface area is 145 Å². The van der Waals surface area contributed by atoms with E-state index >= 15 is 0 Å². The minimum Gasteiger partial charge on any atom is -0.476 e. The van der Waals surface area contributed by atoms with Crippen LogP contribution in [0, 0.1) is 12.3 Å². The summed E-state index contributed by atoms with van der Waals surface area (Å²) in [6.07, 6.45) is 9.24. The van der Waals surface area contributed by atoms with Gasteiger partial charge in [-0.15, -0.1) is 12.3 Å². The lowest BCUT2D eigenvalue weighted by Gasteiger charge is -2.31. The first-order valence-electron chi connectivity index (χ1n) is 8.47. The van der Waals surface area contributed by atoms with Crippen LogP contribution in [0.3, 0.4) is 0 Å². The van der Waals surface area contributed by atoms with Gasteiger partial charge in [-0.3, -0.25) is 9.89 Å². The van der Waals surface area contributed by atoms with Crippen molar-refractivity contribution in [1.82, 2.24) is 15.1 Å². The number of carbonyl (C=O) groups is 2. The zero-order valence-corrected chi connectivity index (χ0v) is 13.9. The summed E-state index contributed by atoms with van der Waals surface area (Å²) in [6, 6.07) is 1.58. The Morgan fingerprint density at radius 3 is 2.64 bits per heavy atom. The van der Waals surface area contributed by atoms with Crippen molar-refractivity contribution in [3.8, 4) is 12.3 Å². The summed E-state index contributed by atoms with van der Waals surface area (Å²) in [4.78, 5) is 25.2. The lowest BCUT2D eigenvalue weighted by Crippen LogP contribution is -2.38. The number of rotatable bonds is 7. The third kappa shape index (κ3) is 4.05. The van der Waals surface area contributed by atoms with Gasteiger partial charge in [0.25, 0.3) is 0 Å². The van der Waals surface area contributed by atoms with Gasteiger partial charge in [-0.2, -0.15) is 15.3 Å². The van der Waals surface area contributed by atoms with Gasteiger partial charge in [-0.1, -0.05) is 0 Å². The molecular formula is C17H21N5O3. The number of hydrogen-bond donors (Lipinski definition) is 2. The lowest BCUT2D eigenvalue weighted by molar-refractivity contribution is -0.132. The molecule has 1 aromatic rings. The summed E-state index contributed by atoms with van der Waals surface area (Å²) in [5.41, 5.74) is 0.444. The SMILES string of the molecule is C#CCCC1(CCC(=O)N2CCC(c3cc(C(=O)O)n[nH]3)CC2)N=N1. The fourth-order valence-electron chi connectivity index (χ4n) is 3.23. The highest BCUT2D eigenvalue weighted by Gasteiger charge is 2.39.